The average Bonchev–Trinajstić information content (AvgIpc) is 3.70. The van der Waals surface area contributed by atoms with Gasteiger partial charge in [-0.3, -0.25) is 10.1 Å². The summed E-state index contributed by atoms with van der Waals surface area (Å²) in [6.45, 7) is 4.40. The maximum absolute atomic E-state index is 12.7. The fourth-order valence-electron chi connectivity index (χ4n) is 4.05. The van der Waals surface area contributed by atoms with Crippen LogP contribution in [0.2, 0.25) is 10.0 Å². The minimum atomic E-state index is -0.516. The first kappa shape index (κ1) is 29.0. The molecule has 0 radical (unpaired) electrons. The summed E-state index contributed by atoms with van der Waals surface area (Å²) in [4.78, 5) is 12.7. The first-order valence-corrected chi connectivity index (χ1v) is 14.8. The van der Waals surface area contributed by atoms with Gasteiger partial charge in [0.05, 0.1) is 32.7 Å². The number of hydrogen-bond donors (Lipinski definition) is 3. The Morgan fingerprint density at radius 2 is 1.93 bits per heavy atom. The summed E-state index contributed by atoms with van der Waals surface area (Å²) in [5.41, 5.74) is 3.37. The molecule has 41 heavy (non-hydrogen) atoms. The Hall–Kier alpha value is -3.55. The second kappa shape index (κ2) is 12.5. The third-order valence-corrected chi connectivity index (χ3v) is 8.03. The number of hydrogen-bond acceptors (Lipinski definition) is 7. The Labute approximate surface area is 252 Å². The molecule has 5 rings (SSSR count). The van der Waals surface area contributed by atoms with Crippen LogP contribution >= 0.6 is 35.0 Å². The Balaban J connectivity index is 1.17. The molecule has 11 heteroatoms. The second-order valence-electron chi connectivity index (χ2n) is 10.2. The topological polar surface area (TPSA) is 105 Å². The summed E-state index contributed by atoms with van der Waals surface area (Å²) in [7, 11) is 0. The van der Waals surface area contributed by atoms with Gasteiger partial charge in [-0.15, -0.1) is 5.10 Å². The molecule has 1 amide bonds. The highest BCUT2D eigenvalue weighted by Gasteiger charge is 2.24. The van der Waals surface area contributed by atoms with E-state index in [4.69, 9.17) is 23.2 Å². The third-order valence-electron chi connectivity index (χ3n) is 6.50. The van der Waals surface area contributed by atoms with E-state index in [-0.39, 0.29) is 17.4 Å². The number of tetrazole rings is 1. The molecule has 0 aliphatic heterocycles. The van der Waals surface area contributed by atoms with E-state index in [9.17, 15) is 9.90 Å². The molecule has 1 aromatic heterocycles. The summed E-state index contributed by atoms with van der Waals surface area (Å²) in [5.74, 6) is 6.98. The normalized spacial score (nSPS) is 13.0. The molecule has 1 aliphatic carbocycles. The molecule has 1 heterocycles. The molecule has 0 unspecified atom stereocenters. The van der Waals surface area contributed by atoms with E-state index in [0.29, 0.717) is 44.6 Å². The van der Waals surface area contributed by atoms with Gasteiger partial charge in [-0.25, -0.2) is 0 Å². The van der Waals surface area contributed by atoms with Crippen LogP contribution in [0.4, 0.5) is 5.69 Å². The lowest BCUT2D eigenvalue weighted by atomic mass is 10.0. The van der Waals surface area contributed by atoms with Crippen LogP contribution in [0.3, 0.4) is 0 Å². The van der Waals surface area contributed by atoms with Crippen molar-refractivity contribution in [2.24, 2.45) is 0 Å². The van der Waals surface area contributed by atoms with E-state index in [2.05, 4.69) is 38.0 Å². The van der Waals surface area contributed by atoms with Crippen LogP contribution in [0.5, 0.6) is 5.75 Å². The van der Waals surface area contributed by atoms with Crippen LogP contribution in [0.1, 0.15) is 49.3 Å². The van der Waals surface area contributed by atoms with Gasteiger partial charge in [0.2, 0.25) is 11.1 Å². The quantitative estimate of drug-likeness (QED) is 0.154. The van der Waals surface area contributed by atoms with E-state index < -0.39 is 5.54 Å². The number of phenolic OH excluding ortho intramolecular Hbond substituents is 1. The number of amides is 1. The molecule has 3 aromatic carbocycles. The predicted octanol–water partition coefficient (Wildman–Crippen LogP) is 6.20. The number of phenols is 1. The summed E-state index contributed by atoms with van der Waals surface area (Å²) < 4.78 is 1.54. The summed E-state index contributed by atoms with van der Waals surface area (Å²) >= 11 is 14.2. The van der Waals surface area contributed by atoms with Crippen molar-refractivity contribution >= 4 is 46.6 Å². The Morgan fingerprint density at radius 1 is 1.12 bits per heavy atom. The van der Waals surface area contributed by atoms with Crippen molar-refractivity contribution in [2.45, 2.75) is 49.8 Å². The number of para-hydroxylation sites is 1. The van der Waals surface area contributed by atoms with Gasteiger partial charge in [0.25, 0.3) is 0 Å². The zero-order valence-corrected chi connectivity index (χ0v) is 24.8. The van der Waals surface area contributed by atoms with Crippen molar-refractivity contribution in [1.82, 2.24) is 25.5 Å². The first-order chi connectivity index (χ1) is 19.7. The molecule has 1 aliphatic rings. The minimum absolute atomic E-state index is 0.0763. The summed E-state index contributed by atoms with van der Waals surface area (Å²) in [6, 6.07) is 18.3. The zero-order valence-electron chi connectivity index (χ0n) is 22.5. The van der Waals surface area contributed by atoms with E-state index in [1.54, 1.807) is 30.3 Å². The van der Waals surface area contributed by atoms with Gasteiger partial charge in [0.15, 0.2) is 0 Å². The standard InChI is InChI=1S/C30H28Cl2N6O2S/c1-30(2,33-17-22-5-3-4-6-27(22)39)14-13-19-7-11-25(23(31)15-19)34-28(40)18-41-29-35-36-37-38(29)26-12-10-21(16-24(26)32)20-8-9-20/h3-7,10-12,15-16,20,33,39H,8-9,17-18H2,1-2H3,(H,34,40). The summed E-state index contributed by atoms with van der Waals surface area (Å²) in [5, 5.41) is 29.4. The Morgan fingerprint density at radius 3 is 2.66 bits per heavy atom. The highest BCUT2D eigenvalue weighted by Crippen LogP contribution is 2.41. The molecule has 3 N–H and O–H groups in total. The van der Waals surface area contributed by atoms with Crippen molar-refractivity contribution in [3.05, 3.63) is 87.4 Å². The van der Waals surface area contributed by atoms with Crippen LogP contribution in [-0.4, -0.2) is 42.5 Å². The number of nitrogens with one attached hydrogen (secondary N) is 2. The molecule has 210 valence electrons. The second-order valence-corrected chi connectivity index (χ2v) is 12.0. The van der Waals surface area contributed by atoms with Gasteiger partial charge < -0.3 is 10.4 Å². The molecule has 1 fully saturated rings. The molecule has 0 spiro atoms. The van der Waals surface area contributed by atoms with Crippen molar-refractivity contribution in [2.75, 3.05) is 11.1 Å². The van der Waals surface area contributed by atoms with Crippen molar-refractivity contribution in [3.63, 3.8) is 0 Å². The number of carbonyl (C=O) groups excluding carboxylic acids is 1. The number of thioether (sulfide) groups is 1. The third kappa shape index (κ3) is 7.60. The molecular formula is C30H28Cl2N6O2S. The fourth-order valence-corrected chi connectivity index (χ4v) is 5.23. The number of halogens is 2. The van der Waals surface area contributed by atoms with Gasteiger partial charge in [-0.05, 0) is 85.0 Å². The lowest BCUT2D eigenvalue weighted by Gasteiger charge is -2.20. The lowest BCUT2D eigenvalue weighted by molar-refractivity contribution is -0.113. The Bertz CT molecular complexity index is 1640. The molecule has 4 aromatic rings. The van der Waals surface area contributed by atoms with Gasteiger partial charge in [-0.1, -0.05) is 71.1 Å². The highest BCUT2D eigenvalue weighted by atomic mass is 35.5. The van der Waals surface area contributed by atoms with E-state index in [1.807, 2.05) is 44.2 Å². The molecule has 1 saturated carbocycles. The predicted molar refractivity (Wildman–Crippen MR) is 163 cm³/mol. The molecule has 0 atom stereocenters. The average molecular weight is 608 g/mol. The van der Waals surface area contributed by atoms with Gasteiger partial charge in [0.1, 0.15) is 5.75 Å². The van der Waals surface area contributed by atoms with Crippen LogP contribution in [0.15, 0.2) is 65.8 Å². The number of nitrogens with zero attached hydrogens (tertiary/aromatic N) is 4. The maximum Gasteiger partial charge on any atom is 0.234 e. The van der Waals surface area contributed by atoms with Crippen molar-refractivity contribution < 1.29 is 9.90 Å². The van der Waals surface area contributed by atoms with Gasteiger partial charge >= 0.3 is 0 Å². The van der Waals surface area contributed by atoms with E-state index in [1.165, 1.54) is 34.8 Å². The number of anilines is 1. The zero-order chi connectivity index (χ0) is 29.0. The van der Waals surface area contributed by atoms with Crippen LogP contribution in [-0.2, 0) is 11.3 Å². The van der Waals surface area contributed by atoms with E-state index in [0.717, 1.165) is 5.56 Å². The smallest absolute Gasteiger partial charge is 0.234 e. The maximum atomic E-state index is 12.7. The number of carbonyl (C=O) groups is 1. The molecule has 8 nitrogen and oxygen atoms in total. The summed E-state index contributed by atoms with van der Waals surface area (Å²) in [6.07, 6.45) is 2.38. The van der Waals surface area contributed by atoms with Gasteiger partial charge in [0, 0.05) is 17.7 Å². The van der Waals surface area contributed by atoms with Crippen LogP contribution in [0, 0.1) is 11.8 Å². The van der Waals surface area contributed by atoms with E-state index >= 15 is 0 Å². The van der Waals surface area contributed by atoms with Crippen LogP contribution < -0.4 is 10.6 Å². The van der Waals surface area contributed by atoms with Gasteiger partial charge in [-0.2, -0.15) is 4.68 Å². The van der Waals surface area contributed by atoms with Crippen molar-refractivity contribution in [1.29, 1.82) is 0 Å². The molecule has 0 saturated heterocycles. The monoisotopic (exact) mass is 606 g/mol. The lowest BCUT2D eigenvalue weighted by Crippen LogP contribution is -2.37. The highest BCUT2D eigenvalue weighted by molar-refractivity contribution is 7.99. The fraction of sp³-hybridized carbons (Fsp3) is 0.267. The Kier molecular flexibility index (Phi) is 8.85. The largest absolute Gasteiger partial charge is 0.508 e. The minimum Gasteiger partial charge on any atom is -0.508 e. The number of rotatable bonds is 9. The number of aromatic hydroxyl groups is 1. The molecule has 0 bridgehead atoms. The SMILES string of the molecule is CC(C)(C#Cc1ccc(NC(=O)CSc2nnnn2-c2ccc(C3CC3)cc2Cl)c(Cl)c1)NCc1ccccc1O. The van der Waals surface area contributed by atoms with Crippen molar-refractivity contribution in [3.8, 4) is 23.3 Å². The number of aromatic nitrogens is 4. The molecular weight excluding hydrogens is 579 g/mol. The number of benzene rings is 3. The van der Waals surface area contributed by atoms with Crippen LogP contribution in [0.25, 0.3) is 5.69 Å². The first-order valence-electron chi connectivity index (χ1n) is 13.0.